The molecule has 0 bridgehead atoms. The first-order valence-corrected chi connectivity index (χ1v) is 5.33. The van der Waals surface area contributed by atoms with E-state index in [-0.39, 0.29) is 5.82 Å². The molecule has 17 heavy (non-hydrogen) atoms. The topological polar surface area (TPSA) is 64.1 Å². The summed E-state index contributed by atoms with van der Waals surface area (Å²) in [7, 11) is 0. The highest BCUT2D eigenvalue weighted by molar-refractivity contribution is 5.02. The summed E-state index contributed by atoms with van der Waals surface area (Å²) in [5, 5.41) is 9.52. The number of nitrogens with zero attached hydrogens (tertiary/aromatic N) is 2. The lowest BCUT2D eigenvalue weighted by molar-refractivity contribution is -0.255. The number of imidazole rings is 1. The molecular formula is C10H16F3N3O. The number of aliphatic hydroxyl groups is 1. The van der Waals surface area contributed by atoms with Crippen molar-refractivity contribution in [1.82, 2.24) is 9.55 Å². The zero-order valence-electron chi connectivity index (χ0n) is 9.54. The lowest BCUT2D eigenvalue weighted by Gasteiger charge is -2.28. The van der Waals surface area contributed by atoms with Gasteiger partial charge in [0.05, 0.1) is 0 Å². The van der Waals surface area contributed by atoms with Gasteiger partial charge >= 0.3 is 6.18 Å². The van der Waals surface area contributed by atoms with Crippen LogP contribution < -0.4 is 5.73 Å². The maximum Gasteiger partial charge on any atom is 0.418 e. The standard InChI is InChI=1S/C10H16F3N3O/c1-2-4-16-5-3-15-8(16)6-9(17,7-14)10(11,12)13/h3,5,17H,2,4,6-7,14H2,1H3. The Balaban J connectivity index is 2.91. The van der Waals surface area contributed by atoms with Crippen LogP contribution in [0, 0.1) is 0 Å². The molecule has 1 rings (SSSR count). The summed E-state index contributed by atoms with van der Waals surface area (Å²) >= 11 is 0. The van der Waals surface area contributed by atoms with Crippen LogP contribution in [0.15, 0.2) is 12.4 Å². The van der Waals surface area contributed by atoms with Crippen molar-refractivity contribution in [2.45, 2.75) is 38.1 Å². The summed E-state index contributed by atoms with van der Waals surface area (Å²) < 4.78 is 39.5. The minimum absolute atomic E-state index is 0.192. The number of aryl methyl sites for hydroxylation is 1. The molecule has 7 heteroatoms. The van der Waals surface area contributed by atoms with Crippen LogP contribution in [0.2, 0.25) is 0 Å². The lowest BCUT2D eigenvalue weighted by Crippen LogP contribution is -2.53. The number of halogens is 3. The molecule has 0 amide bonds. The van der Waals surface area contributed by atoms with Crippen molar-refractivity contribution in [3.05, 3.63) is 18.2 Å². The van der Waals surface area contributed by atoms with Crippen molar-refractivity contribution in [3.8, 4) is 0 Å². The van der Waals surface area contributed by atoms with Gasteiger partial charge in [-0.2, -0.15) is 13.2 Å². The van der Waals surface area contributed by atoms with Crippen LogP contribution in [0.1, 0.15) is 19.2 Å². The van der Waals surface area contributed by atoms with E-state index in [1.165, 1.54) is 6.20 Å². The van der Waals surface area contributed by atoms with Gasteiger partial charge in [0.1, 0.15) is 5.82 Å². The summed E-state index contributed by atoms with van der Waals surface area (Å²) in [5.74, 6) is 0.192. The molecule has 0 aliphatic carbocycles. The highest BCUT2D eigenvalue weighted by Gasteiger charge is 2.53. The molecule has 0 aliphatic heterocycles. The van der Waals surface area contributed by atoms with E-state index in [0.29, 0.717) is 6.54 Å². The average Bonchev–Trinajstić information content (AvgIpc) is 2.64. The second-order valence-electron chi connectivity index (χ2n) is 3.95. The quantitative estimate of drug-likeness (QED) is 0.823. The summed E-state index contributed by atoms with van der Waals surface area (Å²) in [5.41, 5.74) is 2.11. The summed E-state index contributed by atoms with van der Waals surface area (Å²) in [6.45, 7) is 1.59. The molecule has 98 valence electrons. The van der Waals surface area contributed by atoms with Gasteiger partial charge in [-0.3, -0.25) is 0 Å². The van der Waals surface area contributed by atoms with Gasteiger partial charge in [-0.15, -0.1) is 0 Å². The predicted molar refractivity (Wildman–Crippen MR) is 56.3 cm³/mol. The van der Waals surface area contributed by atoms with Crippen molar-refractivity contribution < 1.29 is 18.3 Å². The minimum Gasteiger partial charge on any atom is -0.379 e. The van der Waals surface area contributed by atoms with Gasteiger partial charge in [0, 0.05) is 31.9 Å². The molecule has 4 nitrogen and oxygen atoms in total. The number of alkyl halides is 3. The first-order valence-electron chi connectivity index (χ1n) is 5.33. The Morgan fingerprint density at radius 2 is 2.12 bits per heavy atom. The normalized spacial score (nSPS) is 15.9. The SMILES string of the molecule is CCCn1ccnc1CC(O)(CN)C(F)(F)F. The molecule has 0 saturated heterocycles. The van der Waals surface area contributed by atoms with E-state index in [1.54, 1.807) is 10.8 Å². The number of aromatic nitrogens is 2. The Morgan fingerprint density at radius 3 is 2.59 bits per heavy atom. The van der Waals surface area contributed by atoms with Crippen molar-refractivity contribution in [3.63, 3.8) is 0 Å². The van der Waals surface area contributed by atoms with E-state index < -0.39 is 24.7 Å². The highest BCUT2D eigenvalue weighted by atomic mass is 19.4. The zero-order valence-corrected chi connectivity index (χ0v) is 9.54. The fraction of sp³-hybridized carbons (Fsp3) is 0.700. The van der Waals surface area contributed by atoms with E-state index in [0.717, 1.165) is 6.42 Å². The third-order valence-corrected chi connectivity index (χ3v) is 2.58. The largest absolute Gasteiger partial charge is 0.418 e. The van der Waals surface area contributed by atoms with Crippen LogP contribution in [0.4, 0.5) is 13.2 Å². The molecule has 1 heterocycles. The molecule has 0 spiro atoms. The molecule has 0 saturated carbocycles. The van der Waals surface area contributed by atoms with Gasteiger partial charge in [0.15, 0.2) is 5.60 Å². The molecule has 0 fully saturated rings. The van der Waals surface area contributed by atoms with Crippen molar-refractivity contribution >= 4 is 0 Å². The fourth-order valence-electron chi connectivity index (χ4n) is 1.50. The number of nitrogens with two attached hydrogens (primary N) is 1. The van der Waals surface area contributed by atoms with Crippen LogP contribution in [-0.2, 0) is 13.0 Å². The molecule has 0 aromatic carbocycles. The van der Waals surface area contributed by atoms with Gasteiger partial charge in [-0.05, 0) is 6.42 Å². The van der Waals surface area contributed by atoms with E-state index in [4.69, 9.17) is 5.73 Å². The predicted octanol–water partition coefficient (Wildman–Crippen LogP) is 1.09. The van der Waals surface area contributed by atoms with E-state index in [1.807, 2.05) is 6.92 Å². The van der Waals surface area contributed by atoms with Crippen LogP contribution >= 0.6 is 0 Å². The van der Waals surface area contributed by atoms with Crippen LogP contribution in [0.25, 0.3) is 0 Å². The lowest BCUT2D eigenvalue weighted by atomic mass is 9.99. The Bertz CT molecular complexity index is 364. The monoisotopic (exact) mass is 251 g/mol. The Morgan fingerprint density at radius 1 is 1.47 bits per heavy atom. The molecule has 1 unspecified atom stereocenters. The fourth-order valence-corrected chi connectivity index (χ4v) is 1.50. The van der Waals surface area contributed by atoms with Gasteiger partial charge in [-0.1, -0.05) is 6.92 Å². The second kappa shape index (κ2) is 5.05. The number of hydrogen-bond acceptors (Lipinski definition) is 3. The average molecular weight is 251 g/mol. The van der Waals surface area contributed by atoms with E-state index in [2.05, 4.69) is 4.98 Å². The second-order valence-corrected chi connectivity index (χ2v) is 3.95. The van der Waals surface area contributed by atoms with Crippen molar-refractivity contribution in [2.75, 3.05) is 6.54 Å². The number of hydrogen-bond donors (Lipinski definition) is 2. The van der Waals surface area contributed by atoms with Crippen molar-refractivity contribution in [1.29, 1.82) is 0 Å². The minimum atomic E-state index is -4.76. The summed E-state index contributed by atoms with van der Waals surface area (Å²) in [6, 6.07) is 0. The maximum atomic E-state index is 12.6. The molecular weight excluding hydrogens is 235 g/mol. The Labute approximate surface area is 97.3 Å². The number of rotatable bonds is 5. The zero-order chi connectivity index (χ0) is 13.1. The van der Waals surface area contributed by atoms with Gasteiger partial charge < -0.3 is 15.4 Å². The third kappa shape index (κ3) is 2.98. The van der Waals surface area contributed by atoms with Crippen LogP contribution in [-0.4, -0.2) is 33.0 Å². The molecule has 3 N–H and O–H groups in total. The van der Waals surface area contributed by atoms with Crippen molar-refractivity contribution in [2.24, 2.45) is 5.73 Å². The van der Waals surface area contributed by atoms with Gasteiger partial charge in [-0.25, -0.2) is 4.98 Å². The first kappa shape index (κ1) is 14.0. The van der Waals surface area contributed by atoms with Crippen LogP contribution in [0.5, 0.6) is 0 Å². The molecule has 1 atom stereocenters. The summed E-state index contributed by atoms with van der Waals surface area (Å²) in [4.78, 5) is 3.83. The van der Waals surface area contributed by atoms with E-state index >= 15 is 0 Å². The van der Waals surface area contributed by atoms with Gasteiger partial charge in [0.2, 0.25) is 0 Å². The highest BCUT2D eigenvalue weighted by Crippen LogP contribution is 2.32. The van der Waals surface area contributed by atoms with E-state index in [9.17, 15) is 18.3 Å². The molecule has 1 aromatic rings. The first-order chi connectivity index (χ1) is 7.84. The third-order valence-electron chi connectivity index (χ3n) is 2.58. The molecule has 0 aliphatic rings. The molecule has 0 radical (unpaired) electrons. The maximum absolute atomic E-state index is 12.6. The van der Waals surface area contributed by atoms with Gasteiger partial charge in [0.25, 0.3) is 0 Å². The Hall–Kier alpha value is -1.08. The van der Waals surface area contributed by atoms with Crippen LogP contribution in [0.3, 0.4) is 0 Å². The Kier molecular flexibility index (Phi) is 4.16. The summed E-state index contributed by atoms with van der Waals surface area (Å²) in [6.07, 6.45) is -1.61. The molecule has 1 aromatic heterocycles. The smallest absolute Gasteiger partial charge is 0.379 e.